The molecule has 0 saturated carbocycles. The molecule has 156 valence electrons. The SMILES string of the molecule is C[C@@H]1CN([C@H](c2ccccc2)c2cccc(OC(F)(F)F)c2)CCN1CC(=O)O. The van der Waals surface area contributed by atoms with Gasteiger partial charge in [-0.05, 0) is 30.2 Å². The number of halogens is 3. The van der Waals surface area contributed by atoms with Crippen LogP contribution in [0.25, 0.3) is 0 Å². The van der Waals surface area contributed by atoms with Crippen LogP contribution < -0.4 is 4.74 Å². The first-order chi connectivity index (χ1) is 13.7. The van der Waals surface area contributed by atoms with Gasteiger partial charge >= 0.3 is 12.3 Å². The molecule has 0 spiro atoms. The summed E-state index contributed by atoms with van der Waals surface area (Å²) in [5, 5.41) is 9.08. The highest BCUT2D eigenvalue weighted by Crippen LogP contribution is 2.33. The van der Waals surface area contributed by atoms with E-state index in [1.807, 2.05) is 42.2 Å². The Bertz CT molecular complexity index is 829. The zero-order valence-electron chi connectivity index (χ0n) is 16.0. The summed E-state index contributed by atoms with van der Waals surface area (Å²) in [6.45, 7) is 3.69. The van der Waals surface area contributed by atoms with E-state index < -0.39 is 12.3 Å². The number of nitrogens with zero attached hydrogens (tertiary/aromatic N) is 2. The second-order valence-electron chi connectivity index (χ2n) is 7.14. The zero-order valence-corrected chi connectivity index (χ0v) is 16.0. The highest BCUT2D eigenvalue weighted by atomic mass is 19.4. The molecule has 29 heavy (non-hydrogen) atoms. The number of rotatable bonds is 6. The first kappa shape index (κ1) is 21.1. The van der Waals surface area contributed by atoms with Gasteiger partial charge in [0.1, 0.15) is 5.75 Å². The summed E-state index contributed by atoms with van der Waals surface area (Å²) in [7, 11) is 0. The maximum absolute atomic E-state index is 12.7. The van der Waals surface area contributed by atoms with E-state index in [9.17, 15) is 18.0 Å². The Kier molecular flexibility index (Phi) is 6.44. The lowest BCUT2D eigenvalue weighted by Gasteiger charge is -2.43. The van der Waals surface area contributed by atoms with Crippen LogP contribution in [0.15, 0.2) is 54.6 Å². The minimum absolute atomic E-state index is 0.000620. The number of piperazine rings is 1. The standard InChI is InChI=1S/C21H23F3N2O3/c1-15-13-26(11-10-25(15)14-19(27)28)20(16-6-3-2-4-7-16)17-8-5-9-18(12-17)29-21(22,23)24/h2-9,12,15,20H,10-11,13-14H2,1H3,(H,27,28)/t15-,20-/m1/s1. The third-order valence-electron chi connectivity index (χ3n) is 5.02. The van der Waals surface area contributed by atoms with Gasteiger partial charge in [-0.1, -0.05) is 42.5 Å². The van der Waals surface area contributed by atoms with E-state index in [1.165, 1.54) is 12.1 Å². The van der Waals surface area contributed by atoms with E-state index in [0.717, 1.165) is 5.56 Å². The maximum atomic E-state index is 12.7. The fourth-order valence-corrected chi connectivity index (χ4v) is 3.80. The monoisotopic (exact) mass is 408 g/mol. The van der Waals surface area contributed by atoms with Crippen molar-refractivity contribution < 1.29 is 27.8 Å². The molecular weight excluding hydrogens is 385 g/mol. The molecule has 1 saturated heterocycles. The number of alkyl halides is 3. The van der Waals surface area contributed by atoms with Gasteiger partial charge in [0, 0.05) is 25.7 Å². The predicted octanol–water partition coefficient (Wildman–Crippen LogP) is 3.77. The molecular formula is C21H23F3N2O3. The van der Waals surface area contributed by atoms with E-state index in [2.05, 4.69) is 9.64 Å². The molecule has 2 atom stereocenters. The van der Waals surface area contributed by atoms with Crippen LogP contribution >= 0.6 is 0 Å². The lowest BCUT2D eigenvalue weighted by molar-refractivity contribution is -0.274. The van der Waals surface area contributed by atoms with Gasteiger partial charge in [0.2, 0.25) is 0 Å². The third-order valence-corrected chi connectivity index (χ3v) is 5.02. The van der Waals surface area contributed by atoms with Crippen molar-refractivity contribution in [2.75, 3.05) is 26.2 Å². The Morgan fingerprint density at radius 2 is 1.83 bits per heavy atom. The van der Waals surface area contributed by atoms with E-state index >= 15 is 0 Å². The van der Waals surface area contributed by atoms with Crippen molar-refractivity contribution in [1.82, 2.24) is 9.80 Å². The summed E-state index contributed by atoms with van der Waals surface area (Å²) >= 11 is 0. The van der Waals surface area contributed by atoms with Crippen LogP contribution in [0.5, 0.6) is 5.75 Å². The Labute approximate surface area is 167 Å². The van der Waals surface area contributed by atoms with Gasteiger partial charge in [-0.15, -0.1) is 13.2 Å². The van der Waals surface area contributed by atoms with Crippen LogP contribution in [0.4, 0.5) is 13.2 Å². The van der Waals surface area contributed by atoms with Gasteiger partial charge in [-0.25, -0.2) is 0 Å². The molecule has 1 fully saturated rings. The quantitative estimate of drug-likeness (QED) is 0.789. The normalized spacial score (nSPS) is 19.7. The lowest BCUT2D eigenvalue weighted by Crippen LogP contribution is -2.54. The molecule has 0 aliphatic carbocycles. The van der Waals surface area contributed by atoms with Crippen molar-refractivity contribution in [2.24, 2.45) is 0 Å². The molecule has 0 bridgehead atoms. The number of benzene rings is 2. The number of aliphatic carboxylic acids is 1. The minimum Gasteiger partial charge on any atom is -0.480 e. The number of carboxylic acid groups (broad SMARTS) is 1. The van der Waals surface area contributed by atoms with Crippen molar-refractivity contribution in [2.45, 2.75) is 25.4 Å². The van der Waals surface area contributed by atoms with E-state index in [0.29, 0.717) is 25.2 Å². The molecule has 0 amide bonds. The van der Waals surface area contributed by atoms with Gasteiger partial charge < -0.3 is 9.84 Å². The summed E-state index contributed by atoms with van der Waals surface area (Å²) in [6, 6.07) is 15.3. The smallest absolute Gasteiger partial charge is 0.480 e. The van der Waals surface area contributed by atoms with Gasteiger partial charge in [0.15, 0.2) is 0 Å². The Morgan fingerprint density at radius 1 is 1.14 bits per heavy atom. The van der Waals surface area contributed by atoms with Crippen LogP contribution in [0.2, 0.25) is 0 Å². The molecule has 1 heterocycles. The zero-order chi connectivity index (χ0) is 21.0. The van der Waals surface area contributed by atoms with Crippen LogP contribution in [-0.4, -0.2) is 59.5 Å². The molecule has 1 aliphatic rings. The van der Waals surface area contributed by atoms with Crippen LogP contribution in [0, 0.1) is 0 Å². The van der Waals surface area contributed by atoms with Crippen LogP contribution in [0.1, 0.15) is 24.1 Å². The number of carbonyl (C=O) groups is 1. The maximum Gasteiger partial charge on any atom is 0.573 e. The van der Waals surface area contributed by atoms with Gasteiger partial charge in [-0.2, -0.15) is 0 Å². The molecule has 1 aliphatic heterocycles. The minimum atomic E-state index is -4.75. The molecule has 3 rings (SSSR count). The van der Waals surface area contributed by atoms with Gasteiger partial charge in [-0.3, -0.25) is 14.6 Å². The highest BCUT2D eigenvalue weighted by molar-refractivity contribution is 5.69. The summed E-state index contributed by atoms with van der Waals surface area (Å²) in [5.41, 5.74) is 1.65. The summed E-state index contributed by atoms with van der Waals surface area (Å²) < 4.78 is 42.1. The largest absolute Gasteiger partial charge is 0.573 e. The van der Waals surface area contributed by atoms with E-state index in [-0.39, 0.29) is 24.4 Å². The number of carboxylic acids is 1. The van der Waals surface area contributed by atoms with Crippen LogP contribution in [0.3, 0.4) is 0 Å². The van der Waals surface area contributed by atoms with E-state index in [4.69, 9.17) is 5.11 Å². The molecule has 5 nitrogen and oxygen atoms in total. The molecule has 0 radical (unpaired) electrons. The Balaban J connectivity index is 1.89. The second kappa shape index (κ2) is 8.84. The number of hydrogen-bond acceptors (Lipinski definition) is 4. The average Bonchev–Trinajstić information content (AvgIpc) is 2.64. The van der Waals surface area contributed by atoms with Crippen molar-refractivity contribution in [3.05, 3.63) is 65.7 Å². The van der Waals surface area contributed by atoms with Crippen LogP contribution in [-0.2, 0) is 4.79 Å². The van der Waals surface area contributed by atoms with Crippen molar-refractivity contribution in [1.29, 1.82) is 0 Å². The fraction of sp³-hybridized carbons (Fsp3) is 0.381. The summed E-state index contributed by atoms with van der Waals surface area (Å²) in [6.07, 6.45) is -4.75. The Hall–Kier alpha value is -2.58. The van der Waals surface area contributed by atoms with Crippen molar-refractivity contribution in [3.8, 4) is 5.75 Å². The molecule has 8 heteroatoms. The highest BCUT2D eigenvalue weighted by Gasteiger charge is 2.33. The number of hydrogen-bond donors (Lipinski definition) is 1. The average molecular weight is 408 g/mol. The van der Waals surface area contributed by atoms with Crippen molar-refractivity contribution >= 4 is 5.97 Å². The Morgan fingerprint density at radius 3 is 2.45 bits per heavy atom. The summed E-state index contributed by atoms with van der Waals surface area (Å²) in [5.74, 6) is -1.13. The lowest BCUT2D eigenvalue weighted by atomic mass is 9.95. The topological polar surface area (TPSA) is 53.0 Å². The van der Waals surface area contributed by atoms with Gasteiger partial charge in [0.05, 0.1) is 12.6 Å². The second-order valence-corrected chi connectivity index (χ2v) is 7.14. The predicted molar refractivity (Wildman–Crippen MR) is 102 cm³/mol. The van der Waals surface area contributed by atoms with Crippen molar-refractivity contribution in [3.63, 3.8) is 0 Å². The number of ether oxygens (including phenoxy) is 1. The molecule has 0 unspecified atom stereocenters. The molecule has 0 aromatic heterocycles. The first-order valence-corrected chi connectivity index (χ1v) is 9.33. The van der Waals surface area contributed by atoms with E-state index in [1.54, 1.807) is 12.1 Å². The molecule has 1 N–H and O–H groups in total. The summed E-state index contributed by atoms with van der Waals surface area (Å²) in [4.78, 5) is 15.1. The molecule has 2 aromatic carbocycles. The first-order valence-electron chi connectivity index (χ1n) is 9.33. The third kappa shape index (κ3) is 5.71. The fourth-order valence-electron chi connectivity index (χ4n) is 3.80. The van der Waals surface area contributed by atoms with Gasteiger partial charge in [0.25, 0.3) is 0 Å². The molecule has 2 aromatic rings.